The number of halogens is 3. The number of amidine groups is 1. The third-order valence-corrected chi connectivity index (χ3v) is 7.83. The number of carbonyl (C=O) groups excluding carboxylic acids is 2. The first-order valence-corrected chi connectivity index (χ1v) is 14.8. The van der Waals surface area contributed by atoms with Gasteiger partial charge in [-0.05, 0) is 84.6 Å². The van der Waals surface area contributed by atoms with Crippen molar-refractivity contribution >= 4 is 45.9 Å². The van der Waals surface area contributed by atoms with Crippen molar-refractivity contribution in [2.45, 2.75) is 33.1 Å². The molecule has 3 amide bonds. The lowest BCUT2D eigenvalue weighted by Crippen LogP contribution is -2.31. The van der Waals surface area contributed by atoms with E-state index in [2.05, 4.69) is 39.0 Å². The Morgan fingerprint density at radius 2 is 1.82 bits per heavy atom. The molecule has 234 valence electrons. The number of amides is 3. The first-order valence-electron chi connectivity index (χ1n) is 13.8. The molecule has 0 aliphatic carbocycles. The average Bonchev–Trinajstić information content (AvgIpc) is 3.60. The minimum atomic E-state index is -4.77. The van der Waals surface area contributed by atoms with Crippen molar-refractivity contribution in [3.05, 3.63) is 78.1 Å². The van der Waals surface area contributed by atoms with Crippen molar-refractivity contribution in [3.8, 4) is 22.8 Å². The smallest absolute Gasteiger partial charge is 0.406 e. The fourth-order valence-electron chi connectivity index (χ4n) is 4.66. The Kier molecular flexibility index (Phi) is 8.87. The van der Waals surface area contributed by atoms with Gasteiger partial charge < -0.3 is 15.0 Å². The molecule has 0 radical (unpaired) electrons. The number of hydrogen-bond donors (Lipinski definition) is 1. The number of alkyl halides is 3. The zero-order valence-electron chi connectivity index (χ0n) is 25.1. The van der Waals surface area contributed by atoms with Crippen LogP contribution in [0.1, 0.15) is 30.9 Å². The standard InChI is InChI=1S/C31H30F3N7O3S/c1-18(2)24-15-22(39(4)5)9-13-26(24)41-27(42)16-45-30(41)37-29(43)36-25-12-6-20(14-19(25)3)28-35-17-40(38-28)21-7-10-23(11-8-21)44-31(32,33)34/h6-15,17-18H,16H2,1-5H3,(H,36,43). The van der Waals surface area contributed by atoms with Gasteiger partial charge in [-0.25, -0.2) is 14.5 Å². The Balaban J connectivity index is 1.31. The molecule has 10 nitrogen and oxygen atoms in total. The molecule has 0 spiro atoms. The highest BCUT2D eigenvalue weighted by atomic mass is 32.2. The zero-order valence-corrected chi connectivity index (χ0v) is 25.9. The number of ether oxygens (including phenoxy) is 1. The van der Waals surface area contributed by atoms with Gasteiger partial charge in [0.15, 0.2) is 11.0 Å². The summed E-state index contributed by atoms with van der Waals surface area (Å²) in [5.74, 6) is 0.204. The highest BCUT2D eigenvalue weighted by Crippen LogP contribution is 2.36. The van der Waals surface area contributed by atoms with Crippen LogP contribution in [0.4, 0.5) is 35.0 Å². The second-order valence-corrected chi connectivity index (χ2v) is 11.7. The molecule has 0 saturated carbocycles. The molecular weight excluding hydrogens is 607 g/mol. The van der Waals surface area contributed by atoms with Crippen LogP contribution in [0.3, 0.4) is 0 Å². The molecule has 1 saturated heterocycles. The minimum absolute atomic E-state index is 0.133. The quantitative estimate of drug-likeness (QED) is 0.233. The van der Waals surface area contributed by atoms with Crippen molar-refractivity contribution in [3.63, 3.8) is 0 Å². The fraction of sp³-hybridized carbons (Fsp3) is 0.258. The van der Waals surface area contributed by atoms with Crippen molar-refractivity contribution in [2.24, 2.45) is 4.99 Å². The summed E-state index contributed by atoms with van der Waals surface area (Å²) in [6.07, 6.45) is -3.33. The van der Waals surface area contributed by atoms with E-state index in [0.717, 1.165) is 16.8 Å². The van der Waals surface area contributed by atoms with Gasteiger partial charge in [-0.1, -0.05) is 25.6 Å². The predicted octanol–water partition coefficient (Wildman–Crippen LogP) is 7.00. The summed E-state index contributed by atoms with van der Waals surface area (Å²) >= 11 is 1.21. The number of rotatable bonds is 7. The summed E-state index contributed by atoms with van der Waals surface area (Å²) in [6, 6.07) is 15.7. The van der Waals surface area contributed by atoms with Gasteiger partial charge in [-0.2, -0.15) is 4.99 Å². The monoisotopic (exact) mass is 637 g/mol. The van der Waals surface area contributed by atoms with Gasteiger partial charge in [0.25, 0.3) is 0 Å². The van der Waals surface area contributed by atoms with E-state index >= 15 is 0 Å². The molecule has 45 heavy (non-hydrogen) atoms. The van der Waals surface area contributed by atoms with E-state index < -0.39 is 12.4 Å². The summed E-state index contributed by atoms with van der Waals surface area (Å²) in [7, 11) is 3.90. The molecule has 1 N–H and O–H groups in total. The van der Waals surface area contributed by atoms with Gasteiger partial charge in [-0.15, -0.1) is 18.3 Å². The lowest BCUT2D eigenvalue weighted by molar-refractivity contribution is -0.274. The van der Waals surface area contributed by atoms with Gasteiger partial charge >= 0.3 is 12.4 Å². The molecule has 0 bridgehead atoms. The van der Waals surface area contributed by atoms with Crippen LogP contribution in [0.15, 0.2) is 72.0 Å². The van der Waals surface area contributed by atoms with Gasteiger partial charge in [0.1, 0.15) is 12.1 Å². The third-order valence-electron chi connectivity index (χ3n) is 6.91. The van der Waals surface area contributed by atoms with Crippen molar-refractivity contribution in [1.82, 2.24) is 14.8 Å². The lowest BCUT2D eigenvalue weighted by Gasteiger charge is -2.24. The molecule has 1 aliphatic rings. The topological polar surface area (TPSA) is 105 Å². The Morgan fingerprint density at radius 3 is 2.47 bits per heavy atom. The zero-order chi connectivity index (χ0) is 32.5. The number of benzene rings is 3. The summed E-state index contributed by atoms with van der Waals surface area (Å²) in [5.41, 5.74) is 5.08. The maximum atomic E-state index is 13.0. The number of anilines is 3. The van der Waals surface area contributed by atoms with E-state index in [0.29, 0.717) is 33.6 Å². The van der Waals surface area contributed by atoms with E-state index in [1.165, 1.54) is 51.9 Å². The number of carbonyl (C=O) groups is 2. The van der Waals surface area contributed by atoms with Gasteiger partial charge in [0.2, 0.25) is 5.91 Å². The van der Waals surface area contributed by atoms with Crippen molar-refractivity contribution < 1.29 is 27.5 Å². The second kappa shape index (κ2) is 12.6. The third kappa shape index (κ3) is 7.28. The number of aliphatic imine (C=N–C) groups is 1. The predicted molar refractivity (Wildman–Crippen MR) is 169 cm³/mol. The first-order chi connectivity index (χ1) is 21.3. The Morgan fingerprint density at radius 1 is 1.09 bits per heavy atom. The summed E-state index contributed by atoms with van der Waals surface area (Å²) in [4.78, 5) is 38.0. The fourth-order valence-corrected chi connectivity index (χ4v) is 5.52. The normalized spacial score (nSPS) is 14.4. The van der Waals surface area contributed by atoms with Crippen LogP contribution in [-0.2, 0) is 4.79 Å². The lowest BCUT2D eigenvalue weighted by atomic mass is 9.99. The number of aryl methyl sites for hydroxylation is 1. The Hall–Kier alpha value is -4.85. The van der Waals surface area contributed by atoms with Crippen LogP contribution < -0.4 is 19.9 Å². The molecule has 0 unspecified atom stereocenters. The Labute approximate surface area is 261 Å². The highest BCUT2D eigenvalue weighted by molar-refractivity contribution is 8.15. The van der Waals surface area contributed by atoms with Crippen LogP contribution in [-0.4, -0.2) is 58.1 Å². The molecule has 0 atom stereocenters. The first kappa shape index (κ1) is 31.6. The molecule has 3 aromatic carbocycles. The van der Waals surface area contributed by atoms with E-state index in [4.69, 9.17) is 0 Å². The van der Waals surface area contributed by atoms with Crippen LogP contribution in [0.25, 0.3) is 17.1 Å². The minimum Gasteiger partial charge on any atom is -0.406 e. The van der Waals surface area contributed by atoms with Crippen molar-refractivity contribution in [1.29, 1.82) is 0 Å². The number of thioether (sulfide) groups is 1. The molecule has 1 aliphatic heterocycles. The summed E-state index contributed by atoms with van der Waals surface area (Å²) in [5, 5.41) is 7.52. The van der Waals surface area contributed by atoms with E-state index in [1.54, 1.807) is 18.2 Å². The molecule has 14 heteroatoms. The van der Waals surface area contributed by atoms with E-state index in [9.17, 15) is 22.8 Å². The molecule has 4 aromatic rings. The number of nitrogens with one attached hydrogen (secondary N) is 1. The van der Waals surface area contributed by atoms with Crippen LogP contribution >= 0.6 is 11.8 Å². The van der Waals surface area contributed by atoms with E-state index in [-0.39, 0.29) is 23.3 Å². The molecular formula is C31H30F3N7O3S. The Bertz CT molecular complexity index is 1770. The van der Waals surface area contributed by atoms with E-state index in [1.807, 2.05) is 44.1 Å². The number of hydrogen-bond acceptors (Lipinski definition) is 7. The average molecular weight is 638 g/mol. The maximum absolute atomic E-state index is 13.0. The van der Waals surface area contributed by atoms with Gasteiger partial charge in [0, 0.05) is 31.0 Å². The SMILES string of the molecule is Cc1cc(-c2ncn(-c3ccc(OC(F)(F)F)cc3)n2)ccc1NC(=O)N=C1SCC(=O)N1c1ccc(N(C)C)cc1C(C)C. The highest BCUT2D eigenvalue weighted by Gasteiger charge is 2.33. The summed E-state index contributed by atoms with van der Waals surface area (Å²) < 4.78 is 42.7. The van der Waals surface area contributed by atoms with Crippen molar-refractivity contribution in [2.75, 3.05) is 35.0 Å². The number of aromatic nitrogens is 3. The number of urea groups is 1. The summed E-state index contributed by atoms with van der Waals surface area (Å²) in [6.45, 7) is 5.91. The molecule has 1 aromatic heterocycles. The number of nitrogens with zero attached hydrogens (tertiary/aromatic N) is 6. The molecule has 5 rings (SSSR count). The van der Waals surface area contributed by atoms with Gasteiger partial charge in [-0.3, -0.25) is 9.69 Å². The maximum Gasteiger partial charge on any atom is 0.573 e. The van der Waals surface area contributed by atoms with Crippen LogP contribution in [0.5, 0.6) is 5.75 Å². The molecule has 2 heterocycles. The van der Waals surface area contributed by atoms with Crippen LogP contribution in [0, 0.1) is 6.92 Å². The largest absolute Gasteiger partial charge is 0.573 e. The van der Waals surface area contributed by atoms with Crippen LogP contribution in [0.2, 0.25) is 0 Å². The van der Waals surface area contributed by atoms with Gasteiger partial charge in [0.05, 0.1) is 17.1 Å². The second-order valence-electron chi connectivity index (χ2n) is 10.7. The molecule has 1 fully saturated rings.